The Morgan fingerprint density at radius 1 is 1.42 bits per heavy atom. The van der Waals surface area contributed by atoms with Crippen molar-refractivity contribution in [3.63, 3.8) is 0 Å². The molecule has 6 heteroatoms. The van der Waals surface area contributed by atoms with Gasteiger partial charge < -0.3 is 10.2 Å². The lowest BCUT2D eigenvalue weighted by atomic mass is 10.2. The first-order chi connectivity index (χ1) is 9.01. The highest BCUT2D eigenvalue weighted by atomic mass is 35.5. The minimum Gasteiger partial charge on any atom is -0.341 e. The zero-order chi connectivity index (χ0) is 14.4. The summed E-state index contributed by atoms with van der Waals surface area (Å²) >= 11 is 5.88. The van der Waals surface area contributed by atoms with E-state index in [-0.39, 0.29) is 16.8 Å². The van der Waals surface area contributed by atoms with Gasteiger partial charge in [-0.15, -0.1) is 0 Å². The Bertz CT molecular complexity index is 461. The van der Waals surface area contributed by atoms with Gasteiger partial charge in [-0.3, -0.25) is 14.6 Å². The van der Waals surface area contributed by atoms with Crippen LogP contribution in [-0.4, -0.2) is 40.8 Å². The fourth-order valence-electron chi connectivity index (χ4n) is 1.70. The largest absolute Gasteiger partial charge is 0.341 e. The molecule has 1 aromatic heterocycles. The maximum atomic E-state index is 12.0. The summed E-state index contributed by atoms with van der Waals surface area (Å²) in [5, 5.41) is 2.91. The number of halogens is 1. The summed E-state index contributed by atoms with van der Waals surface area (Å²) in [6.07, 6.45) is 2.88. The number of hydrogen-bond donors (Lipinski definition) is 1. The van der Waals surface area contributed by atoms with E-state index in [0.29, 0.717) is 18.7 Å². The van der Waals surface area contributed by atoms with Crippen molar-refractivity contribution in [2.75, 3.05) is 13.1 Å². The number of pyridine rings is 1. The fraction of sp³-hybridized carbons (Fsp3) is 0.462. The monoisotopic (exact) mass is 283 g/mol. The number of hydrogen-bond acceptors (Lipinski definition) is 3. The topological polar surface area (TPSA) is 62.3 Å². The molecule has 0 aliphatic heterocycles. The highest BCUT2D eigenvalue weighted by Gasteiger charge is 2.21. The molecule has 0 aliphatic carbocycles. The van der Waals surface area contributed by atoms with Crippen molar-refractivity contribution in [3.05, 3.63) is 29.0 Å². The van der Waals surface area contributed by atoms with Gasteiger partial charge in [0.25, 0.3) is 5.91 Å². The molecule has 0 fully saturated rings. The van der Waals surface area contributed by atoms with Crippen molar-refractivity contribution in [2.45, 2.75) is 26.8 Å². The van der Waals surface area contributed by atoms with Crippen LogP contribution >= 0.6 is 11.6 Å². The Balaban J connectivity index is 2.72. The van der Waals surface area contributed by atoms with E-state index in [4.69, 9.17) is 11.6 Å². The van der Waals surface area contributed by atoms with E-state index in [0.717, 1.165) is 0 Å². The lowest BCUT2D eigenvalue weighted by molar-refractivity contribution is -0.132. The van der Waals surface area contributed by atoms with E-state index < -0.39 is 6.04 Å². The number of rotatable bonds is 5. The van der Waals surface area contributed by atoms with Crippen LogP contribution in [0, 0.1) is 0 Å². The third-order valence-corrected chi connectivity index (χ3v) is 3.11. The van der Waals surface area contributed by atoms with E-state index in [1.807, 2.05) is 13.8 Å². The normalized spacial score (nSPS) is 11.8. The Morgan fingerprint density at radius 2 is 2.05 bits per heavy atom. The van der Waals surface area contributed by atoms with Crippen LogP contribution in [0.5, 0.6) is 0 Å². The minimum absolute atomic E-state index is 0.108. The van der Waals surface area contributed by atoms with Crippen molar-refractivity contribution in [1.29, 1.82) is 0 Å². The smallest absolute Gasteiger partial charge is 0.253 e. The van der Waals surface area contributed by atoms with Gasteiger partial charge >= 0.3 is 0 Å². The van der Waals surface area contributed by atoms with Gasteiger partial charge in [0.15, 0.2) is 0 Å². The molecule has 1 unspecified atom stereocenters. The molecule has 1 aromatic rings. The number of carbonyl (C=O) groups is 2. The second kappa shape index (κ2) is 7.09. The van der Waals surface area contributed by atoms with Crippen LogP contribution in [-0.2, 0) is 4.79 Å². The maximum Gasteiger partial charge on any atom is 0.253 e. The number of amides is 2. The molecule has 1 rings (SSSR count). The predicted molar refractivity (Wildman–Crippen MR) is 74.1 cm³/mol. The summed E-state index contributed by atoms with van der Waals surface area (Å²) in [6, 6.07) is 0.934. The zero-order valence-electron chi connectivity index (χ0n) is 11.3. The third kappa shape index (κ3) is 3.92. The molecule has 1 heterocycles. The summed E-state index contributed by atoms with van der Waals surface area (Å²) in [5.41, 5.74) is 0.316. The fourth-order valence-corrected chi connectivity index (χ4v) is 1.91. The summed E-state index contributed by atoms with van der Waals surface area (Å²) in [6.45, 7) is 6.69. The van der Waals surface area contributed by atoms with Crippen molar-refractivity contribution in [3.8, 4) is 0 Å². The average molecular weight is 284 g/mol. The summed E-state index contributed by atoms with van der Waals surface area (Å²) in [7, 11) is 0. The van der Waals surface area contributed by atoms with Crippen molar-refractivity contribution in [2.24, 2.45) is 0 Å². The molecule has 1 atom stereocenters. The molecule has 0 bridgehead atoms. The Labute approximate surface area is 118 Å². The van der Waals surface area contributed by atoms with E-state index in [9.17, 15) is 9.59 Å². The molecule has 19 heavy (non-hydrogen) atoms. The van der Waals surface area contributed by atoms with Crippen LogP contribution in [0.3, 0.4) is 0 Å². The Morgan fingerprint density at radius 3 is 2.58 bits per heavy atom. The van der Waals surface area contributed by atoms with E-state index in [2.05, 4.69) is 10.3 Å². The lowest BCUT2D eigenvalue weighted by Crippen LogP contribution is -2.46. The molecule has 0 aromatic carbocycles. The van der Waals surface area contributed by atoms with E-state index >= 15 is 0 Å². The van der Waals surface area contributed by atoms with Gasteiger partial charge in [0.05, 0.1) is 10.6 Å². The van der Waals surface area contributed by atoms with Crippen LogP contribution < -0.4 is 5.32 Å². The minimum atomic E-state index is -0.586. The van der Waals surface area contributed by atoms with Crippen LogP contribution in [0.15, 0.2) is 18.5 Å². The van der Waals surface area contributed by atoms with Gasteiger partial charge in [-0.25, -0.2) is 0 Å². The molecule has 0 radical (unpaired) electrons. The van der Waals surface area contributed by atoms with E-state index in [1.54, 1.807) is 11.8 Å². The Kier molecular flexibility index (Phi) is 5.76. The number of carbonyl (C=O) groups excluding carboxylic acids is 2. The summed E-state index contributed by atoms with van der Waals surface area (Å²) < 4.78 is 0. The van der Waals surface area contributed by atoms with Gasteiger partial charge in [-0.05, 0) is 26.8 Å². The molecule has 0 saturated carbocycles. The lowest BCUT2D eigenvalue weighted by Gasteiger charge is -2.23. The zero-order valence-corrected chi connectivity index (χ0v) is 12.1. The highest BCUT2D eigenvalue weighted by molar-refractivity contribution is 6.33. The second-order valence-corrected chi connectivity index (χ2v) is 4.47. The second-order valence-electron chi connectivity index (χ2n) is 4.06. The van der Waals surface area contributed by atoms with Gasteiger partial charge in [0.2, 0.25) is 5.91 Å². The number of likely N-dealkylation sites (N-methyl/N-ethyl adjacent to an activating group) is 1. The van der Waals surface area contributed by atoms with Crippen LogP contribution in [0.25, 0.3) is 0 Å². The molecule has 0 saturated heterocycles. The Hall–Kier alpha value is -1.62. The van der Waals surface area contributed by atoms with Gasteiger partial charge in [0, 0.05) is 25.5 Å². The standard InChI is InChI=1S/C13H18ClN3O2/c1-4-17(5-2)13(19)9(3)16-12(18)10-6-7-15-8-11(10)14/h6-9H,4-5H2,1-3H3,(H,16,18). The molecule has 2 amide bonds. The highest BCUT2D eigenvalue weighted by Crippen LogP contribution is 2.13. The van der Waals surface area contributed by atoms with Crippen molar-refractivity contribution < 1.29 is 9.59 Å². The van der Waals surface area contributed by atoms with Crippen LogP contribution in [0.1, 0.15) is 31.1 Å². The first kappa shape index (κ1) is 15.4. The molecule has 0 aliphatic rings. The molecular formula is C13H18ClN3O2. The maximum absolute atomic E-state index is 12.0. The van der Waals surface area contributed by atoms with Gasteiger partial charge in [-0.1, -0.05) is 11.6 Å². The van der Waals surface area contributed by atoms with E-state index in [1.165, 1.54) is 18.5 Å². The molecule has 0 spiro atoms. The van der Waals surface area contributed by atoms with Crippen molar-refractivity contribution in [1.82, 2.24) is 15.2 Å². The number of nitrogens with one attached hydrogen (secondary N) is 1. The van der Waals surface area contributed by atoms with Gasteiger partial charge in [0.1, 0.15) is 6.04 Å². The molecule has 104 valence electrons. The van der Waals surface area contributed by atoms with Gasteiger partial charge in [-0.2, -0.15) is 0 Å². The summed E-state index contributed by atoms with van der Waals surface area (Å²) in [4.78, 5) is 29.5. The third-order valence-electron chi connectivity index (χ3n) is 2.81. The quantitative estimate of drug-likeness (QED) is 0.895. The summed E-state index contributed by atoms with van der Waals surface area (Å²) in [5.74, 6) is -0.482. The number of aromatic nitrogens is 1. The number of nitrogens with zero attached hydrogens (tertiary/aromatic N) is 2. The SMILES string of the molecule is CCN(CC)C(=O)C(C)NC(=O)c1ccncc1Cl. The first-order valence-corrected chi connectivity index (χ1v) is 6.58. The predicted octanol–water partition coefficient (Wildman–Crippen LogP) is 1.72. The van der Waals surface area contributed by atoms with Crippen LogP contribution in [0.2, 0.25) is 5.02 Å². The first-order valence-electron chi connectivity index (χ1n) is 6.20. The molecular weight excluding hydrogens is 266 g/mol. The average Bonchev–Trinajstić information content (AvgIpc) is 2.40. The van der Waals surface area contributed by atoms with Crippen molar-refractivity contribution >= 4 is 23.4 Å². The molecule has 5 nitrogen and oxygen atoms in total. The molecule has 1 N–H and O–H groups in total. The van der Waals surface area contributed by atoms with Crippen LogP contribution in [0.4, 0.5) is 0 Å².